The lowest BCUT2D eigenvalue weighted by molar-refractivity contribution is -0.142. The molecule has 0 saturated carbocycles. The number of carbonyl (C=O) groups is 2. The van der Waals surface area contributed by atoms with Crippen LogP contribution in [0.1, 0.15) is 49.9 Å². The van der Waals surface area contributed by atoms with Gasteiger partial charge in [0.1, 0.15) is 11.6 Å². The second-order valence-electron chi connectivity index (χ2n) is 7.46. The van der Waals surface area contributed by atoms with E-state index >= 15 is 0 Å². The zero-order valence-electron chi connectivity index (χ0n) is 17.4. The third-order valence-electron chi connectivity index (χ3n) is 5.39. The molecule has 1 aromatic heterocycles. The van der Waals surface area contributed by atoms with E-state index in [2.05, 4.69) is 17.2 Å². The maximum absolute atomic E-state index is 13.2. The number of likely N-dealkylation sites (tertiary alicyclic amines) is 1. The molecule has 0 bridgehead atoms. The van der Waals surface area contributed by atoms with Gasteiger partial charge in [-0.15, -0.1) is 0 Å². The Labute approximate surface area is 172 Å². The summed E-state index contributed by atoms with van der Waals surface area (Å²) in [6.45, 7) is 4.64. The van der Waals surface area contributed by atoms with Gasteiger partial charge in [0, 0.05) is 18.7 Å². The Hall–Kier alpha value is -2.89. The molecule has 2 amide bonds. The average molecular weight is 396 g/mol. The molecule has 1 aliphatic heterocycles. The highest BCUT2D eigenvalue weighted by Crippen LogP contribution is 2.38. The molecule has 29 heavy (non-hydrogen) atoms. The van der Waals surface area contributed by atoms with Gasteiger partial charge in [-0.2, -0.15) is 0 Å². The number of carbonyl (C=O) groups excluding carboxylic acids is 2. The zero-order valence-corrected chi connectivity index (χ0v) is 17.4. The summed E-state index contributed by atoms with van der Waals surface area (Å²) >= 11 is 0. The van der Waals surface area contributed by atoms with Gasteiger partial charge in [0.25, 0.3) is 0 Å². The van der Waals surface area contributed by atoms with Gasteiger partial charge < -0.3 is 15.0 Å². The van der Waals surface area contributed by atoms with Gasteiger partial charge in [0.2, 0.25) is 11.8 Å². The van der Waals surface area contributed by atoms with Gasteiger partial charge in [0.15, 0.2) is 0 Å². The largest absolute Gasteiger partial charge is 0.497 e. The first-order chi connectivity index (χ1) is 14.0. The molecule has 154 valence electrons. The normalized spacial score (nSPS) is 19.1. The SMILES string of the molecule is CCCCN1C(=O)CC[C@H](C(=O)Nc2cccc(C)n2)[C@@H]1c1ccc(OC)cc1. The molecule has 3 rings (SSSR count). The number of nitrogens with zero attached hydrogens (tertiary/aromatic N) is 2. The topological polar surface area (TPSA) is 71.5 Å². The van der Waals surface area contributed by atoms with Crippen LogP contribution in [-0.2, 0) is 9.59 Å². The summed E-state index contributed by atoms with van der Waals surface area (Å²) in [7, 11) is 1.62. The van der Waals surface area contributed by atoms with E-state index in [1.54, 1.807) is 13.2 Å². The molecule has 1 aromatic carbocycles. The molecule has 2 aromatic rings. The number of pyridine rings is 1. The van der Waals surface area contributed by atoms with Crippen LogP contribution in [0.5, 0.6) is 5.75 Å². The summed E-state index contributed by atoms with van der Waals surface area (Å²) in [5.41, 5.74) is 1.80. The Bertz CT molecular complexity index is 851. The van der Waals surface area contributed by atoms with Crippen LogP contribution in [0.3, 0.4) is 0 Å². The van der Waals surface area contributed by atoms with Crippen molar-refractivity contribution in [2.45, 2.75) is 45.6 Å². The number of amides is 2. The van der Waals surface area contributed by atoms with Crippen molar-refractivity contribution < 1.29 is 14.3 Å². The van der Waals surface area contributed by atoms with Crippen molar-refractivity contribution in [2.75, 3.05) is 19.0 Å². The Morgan fingerprint density at radius 2 is 2.00 bits per heavy atom. The fraction of sp³-hybridized carbons (Fsp3) is 0.435. The van der Waals surface area contributed by atoms with Crippen LogP contribution < -0.4 is 10.1 Å². The summed E-state index contributed by atoms with van der Waals surface area (Å²) in [5, 5.41) is 2.95. The number of anilines is 1. The number of hydrogen-bond donors (Lipinski definition) is 1. The van der Waals surface area contributed by atoms with Gasteiger partial charge in [-0.1, -0.05) is 31.5 Å². The van der Waals surface area contributed by atoms with E-state index in [1.807, 2.05) is 48.2 Å². The Morgan fingerprint density at radius 1 is 1.24 bits per heavy atom. The molecule has 1 saturated heterocycles. The Kier molecular flexibility index (Phi) is 6.86. The van der Waals surface area contributed by atoms with E-state index in [0.29, 0.717) is 25.2 Å². The molecule has 2 atom stereocenters. The van der Waals surface area contributed by atoms with Gasteiger partial charge in [-0.3, -0.25) is 9.59 Å². The maximum atomic E-state index is 13.2. The Morgan fingerprint density at radius 3 is 2.66 bits per heavy atom. The highest BCUT2D eigenvalue weighted by molar-refractivity contribution is 5.94. The average Bonchev–Trinajstić information content (AvgIpc) is 2.72. The lowest BCUT2D eigenvalue weighted by Gasteiger charge is -2.41. The molecular weight excluding hydrogens is 366 g/mol. The number of benzene rings is 1. The van der Waals surface area contributed by atoms with Crippen molar-refractivity contribution in [3.63, 3.8) is 0 Å². The van der Waals surface area contributed by atoms with Crippen molar-refractivity contribution in [1.29, 1.82) is 0 Å². The van der Waals surface area contributed by atoms with E-state index in [-0.39, 0.29) is 23.8 Å². The van der Waals surface area contributed by atoms with Gasteiger partial charge in [-0.25, -0.2) is 4.98 Å². The Balaban J connectivity index is 1.90. The third-order valence-corrected chi connectivity index (χ3v) is 5.39. The number of aromatic nitrogens is 1. The highest BCUT2D eigenvalue weighted by atomic mass is 16.5. The number of unbranched alkanes of at least 4 members (excludes halogenated alkanes) is 1. The van der Waals surface area contributed by atoms with Crippen molar-refractivity contribution >= 4 is 17.6 Å². The quantitative estimate of drug-likeness (QED) is 0.766. The first-order valence-electron chi connectivity index (χ1n) is 10.2. The standard InChI is InChI=1S/C23H29N3O3/c1-4-5-15-26-21(27)14-13-19(22(26)17-9-11-18(29-3)12-10-17)23(28)25-20-8-6-7-16(2)24-20/h6-12,19,22H,4-5,13-15H2,1-3H3,(H,24,25,28)/t19-,22-/m0/s1. The molecule has 1 N–H and O–H groups in total. The first-order valence-corrected chi connectivity index (χ1v) is 10.2. The molecule has 0 aliphatic carbocycles. The van der Waals surface area contributed by atoms with Crippen LogP contribution in [-0.4, -0.2) is 35.4 Å². The van der Waals surface area contributed by atoms with Gasteiger partial charge >= 0.3 is 0 Å². The van der Waals surface area contributed by atoms with Crippen molar-refractivity contribution in [1.82, 2.24) is 9.88 Å². The van der Waals surface area contributed by atoms with Gasteiger partial charge in [-0.05, 0) is 49.6 Å². The maximum Gasteiger partial charge on any atom is 0.231 e. The summed E-state index contributed by atoms with van der Waals surface area (Å²) in [5.74, 6) is 0.969. The molecule has 6 heteroatoms. The predicted molar refractivity (Wildman–Crippen MR) is 113 cm³/mol. The minimum atomic E-state index is -0.333. The van der Waals surface area contributed by atoms with Crippen molar-refractivity contribution in [3.05, 3.63) is 53.7 Å². The van der Waals surface area contributed by atoms with E-state index in [1.165, 1.54) is 0 Å². The molecule has 0 unspecified atom stereocenters. The third kappa shape index (κ3) is 4.94. The van der Waals surface area contributed by atoms with Crippen LogP contribution in [0, 0.1) is 12.8 Å². The fourth-order valence-corrected chi connectivity index (χ4v) is 3.86. The van der Waals surface area contributed by atoms with Crippen molar-refractivity contribution in [3.8, 4) is 5.75 Å². The molecule has 0 radical (unpaired) electrons. The van der Waals surface area contributed by atoms with E-state index in [0.717, 1.165) is 29.8 Å². The summed E-state index contributed by atoms with van der Waals surface area (Å²) < 4.78 is 5.27. The highest BCUT2D eigenvalue weighted by Gasteiger charge is 2.40. The predicted octanol–water partition coefficient (Wildman–Crippen LogP) is 4.12. The minimum absolute atomic E-state index is 0.0992. The number of ether oxygens (including phenoxy) is 1. The molecule has 6 nitrogen and oxygen atoms in total. The number of rotatable bonds is 7. The second-order valence-corrected chi connectivity index (χ2v) is 7.46. The van der Waals surface area contributed by atoms with Crippen LogP contribution >= 0.6 is 0 Å². The molecule has 0 spiro atoms. The first kappa shape index (κ1) is 20.8. The van der Waals surface area contributed by atoms with Gasteiger partial charge in [0.05, 0.1) is 19.1 Å². The summed E-state index contributed by atoms with van der Waals surface area (Å²) in [6, 6.07) is 12.9. The van der Waals surface area contributed by atoms with E-state index < -0.39 is 0 Å². The molecule has 2 heterocycles. The molecular formula is C23H29N3O3. The fourth-order valence-electron chi connectivity index (χ4n) is 3.86. The smallest absolute Gasteiger partial charge is 0.231 e. The van der Waals surface area contributed by atoms with Crippen LogP contribution in [0.4, 0.5) is 5.82 Å². The number of methoxy groups -OCH3 is 1. The second kappa shape index (κ2) is 9.54. The molecule has 1 aliphatic rings. The minimum Gasteiger partial charge on any atom is -0.497 e. The van der Waals surface area contributed by atoms with E-state index in [4.69, 9.17) is 4.74 Å². The zero-order chi connectivity index (χ0) is 20.8. The monoisotopic (exact) mass is 395 g/mol. The van der Waals surface area contributed by atoms with Crippen LogP contribution in [0.2, 0.25) is 0 Å². The summed E-state index contributed by atoms with van der Waals surface area (Å²) in [6.07, 6.45) is 2.81. The van der Waals surface area contributed by atoms with Crippen LogP contribution in [0.15, 0.2) is 42.5 Å². The number of hydrogen-bond acceptors (Lipinski definition) is 4. The van der Waals surface area contributed by atoms with Crippen molar-refractivity contribution in [2.24, 2.45) is 5.92 Å². The number of piperidine rings is 1. The van der Waals surface area contributed by atoms with Crippen LogP contribution in [0.25, 0.3) is 0 Å². The molecule has 1 fully saturated rings. The number of nitrogens with one attached hydrogen (secondary N) is 1. The lowest BCUT2D eigenvalue weighted by Crippen LogP contribution is -2.47. The van der Waals surface area contributed by atoms with E-state index in [9.17, 15) is 9.59 Å². The summed E-state index contributed by atoms with van der Waals surface area (Å²) in [4.78, 5) is 32.2. The number of aryl methyl sites for hydroxylation is 1. The lowest BCUT2D eigenvalue weighted by atomic mass is 9.83.